The predicted octanol–water partition coefficient (Wildman–Crippen LogP) is 3.99. The molecule has 3 nitrogen and oxygen atoms in total. The Bertz CT molecular complexity index is 649. The molecule has 106 valence electrons. The molecule has 1 aliphatic heterocycles. The highest BCUT2D eigenvalue weighted by Crippen LogP contribution is 2.33. The molecule has 0 radical (unpaired) electrons. The van der Waals surface area contributed by atoms with Gasteiger partial charge < -0.3 is 10.1 Å². The SMILES string of the molecule is N#CCOc1ccc(NC2CSCc3ccccc32)cc1. The fourth-order valence-electron chi connectivity index (χ4n) is 2.47. The largest absolute Gasteiger partial charge is 0.479 e. The average Bonchev–Trinajstić information content (AvgIpc) is 2.55. The lowest BCUT2D eigenvalue weighted by Crippen LogP contribution is -2.18. The molecule has 1 heterocycles. The van der Waals surface area contributed by atoms with Crippen molar-refractivity contribution in [3.63, 3.8) is 0 Å². The Kier molecular flexibility index (Phi) is 4.32. The number of hydrogen-bond donors (Lipinski definition) is 1. The third kappa shape index (κ3) is 3.32. The summed E-state index contributed by atoms with van der Waals surface area (Å²) in [5, 5.41) is 12.1. The number of rotatable bonds is 4. The van der Waals surface area contributed by atoms with Gasteiger partial charge in [-0.15, -0.1) is 0 Å². The smallest absolute Gasteiger partial charge is 0.174 e. The first-order chi connectivity index (χ1) is 10.4. The molecule has 21 heavy (non-hydrogen) atoms. The van der Waals surface area contributed by atoms with E-state index in [0.29, 0.717) is 6.04 Å². The van der Waals surface area contributed by atoms with Gasteiger partial charge in [0.25, 0.3) is 0 Å². The molecule has 1 atom stereocenters. The Labute approximate surface area is 128 Å². The number of nitriles is 1. The summed E-state index contributed by atoms with van der Waals surface area (Å²) in [5.74, 6) is 2.89. The van der Waals surface area contributed by atoms with Crippen molar-refractivity contribution in [3.05, 3.63) is 59.7 Å². The van der Waals surface area contributed by atoms with E-state index in [1.807, 2.05) is 42.1 Å². The quantitative estimate of drug-likeness (QED) is 0.926. The summed E-state index contributed by atoms with van der Waals surface area (Å²) in [4.78, 5) is 0. The van der Waals surface area contributed by atoms with Crippen LogP contribution < -0.4 is 10.1 Å². The Morgan fingerprint density at radius 3 is 2.81 bits per heavy atom. The van der Waals surface area contributed by atoms with Crippen LogP contribution >= 0.6 is 11.8 Å². The normalized spacial score (nSPS) is 16.6. The maximum Gasteiger partial charge on any atom is 0.174 e. The van der Waals surface area contributed by atoms with Gasteiger partial charge in [-0.3, -0.25) is 0 Å². The Morgan fingerprint density at radius 2 is 2.00 bits per heavy atom. The lowest BCUT2D eigenvalue weighted by atomic mass is 10.0. The van der Waals surface area contributed by atoms with Crippen LogP contribution in [0.4, 0.5) is 5.69 Å². The summed E-state index contributed by atoms with van der Waals surface area (Å²) in [6.07, 6.45) is 0. The van der Waals surface area contributed by atoms with Crippen LogP contribution in [0, 0.1) is 11.3 Å². The minimum absolute atomic E-state index is 0.0828. The molecule has 0 fully saturated rings. The van der Waals surface area contributed by atoms with Crippen molar-refractivity contribution in [2.45, 2.75) is 11.8 Å². The lowest BCUT2D eigenvalue weighted by molar-refractivity contribution is 0.368. The number of ether oxygens (including phenoxy) is 1. The van der Waals surface area contributed by atoms with Crippen molar-refractivity contribution in [2.24, 2.45) is 0 Å². The minimum Gasteiger partial charge on any atom is -0.479 e. The number of nitrogens with zero attached hydrogens (tertiary/aromatic N) is 1. The van der Waals surface area contributed by atoms with Crippen LogP contribution in [0.3, 0.4) is 0 Å². The number of hydrogen-bond acceptors (Lipinski definition) is 4. The molecule has 0 spiro atoms. The summed E-state index contributed by atoms with van der Waals surface area (Å²) < 4.78 is 5.26. The first kappa shape index (κ1) is 13.8. The van der Waals surface area contributed by atoms with E-state index >= 15 is 0 Å². The first-order valence-corrected chi connectivity index (χ1v) is 8.04. The summed E-state index contributed by atoms with van der Waals surface area (Å²) in [6, 6.07) is 18.7. The van der Waals surface area contributed by atoms with Gasteiger partial charge in [-0.25, -0.2) is 0 Å². The van der Waals surface area contributed by atoms with E-state index in [0.717, 1.165) is 22.9 Å². The summed E-state index contributed by atoms with van der Waals surface area (Å²) in [6.45, 7) is 0.0828. The van der Waals surface area contributed by atoms with Crippen molar-refractivity contribution in [2.75, 3.05) is 17.7 Å². The topological polar surface area (TPSA) is 45.0 Å². The van der Waals surface area contributed by atoms with Crippen molar-refractivity contribution in [3.8, 4) is 11.8 Å². The maximum atomic E-state index is 8.50. The third-order valence-electron chi connectivity index (χ3n) is 3.47. The van der Waals surface area contributed by atoms with E-state index in [4.69, 9.17) is 10.00 Å². The second-order valence-corrected chi connectivity index (χ2v) is 5.91. The van der Waals surface area contributed by atoms with Gasteiger partial charge in [0, 0.05) is 17.2 Å². The van der Waals surface area contributed by atoms with E-state index in [9.17, 15) is 0 Å². The zero-order valence-electron chi connectivity index (χ0n) is 11.6. The van der Waals surface area contributed by atoms with E-state index in [2.05, 4.69) is 29.6 Å². The van der Waals surface area contributed by atoms with E-state index in [1.165, 1.54) is 11.1 Å². The first-order valence-electron chi connectivity index (χ1n) is 6.89. The highest BCUT2D eigenvalue weighted by molar-refractivity contribution is 7.98. The Balaban J connectivity index is 1.71. The van der Waals surface area contributed by atoms with Crippen LogP contribution in [-0.4, -0.2) is 12.4 Å². The number of fused-ring (bicyclic) bond motifs is 1. The van der Waals surface area contributed by atoms with Gasteiger partial charge in [0.1, 0.15) is 11.8 Å². The van der Waals surface area contributed by atoms with Crippen molar-refractivity contribution < 1.29 is 4.74 Å². The van der Waals surface area contributed by atoms with Gasteiger partial charge in [0.2, 0.25) is 0 Å². The maximum absolute atomic E-state index is 8.50. The number of nitrogens with one attached hydrogen (secondary N) is 1. The number of anilines is 1. The third-order valence-corrected chi connectivity index (χ3v) is 4.56. The molecule has 2 aromatic rings. The molecule has 4 heteroatoms. The summed E-state index contributed by atoms with van der Waals surface area (Å²) >= 11 is 1.96. The zero-order valence-corrected chi connectivity index (χ0v) is 12.4. The van der Waals surface area contributed by atoms with E-state index in [-0.39, 0.29) is 6.61 Å². The van der Waals surface area contributed by atoms with Gasteiger partial charge in [0.05, 0.1) is 6.04 Å². The van der Waals surface area contributed by atoms with Gasteiger partial charge in [-0.1, -0.05) is 24.3 Å². The molecule has 0 saturated heterocycles. The minimum atomic E-state index is 0.0828. The molecule has 3 rings (SSSR count). The fraction of sp³-hybridized carbons (Fsp3) is 0.235. The highest BCUT2D eigenvalue weighted by Gasteiger charge is 2.19. The zero-order chi connectivity index (χ0) is 14.5. The second-order valence-electron chi connectivity index (χ2n) is 4.88. The van der Waals surface area contributed by atoms with Crippen molar-refractivity contribution in [1.29, 1.82) is 5.26 Å². The Hall–Kier alpha value is -2.12. The molecule has 1 N–H and O–H groups in total. The second kappa shape index (κ2) is 6.55. The number of benzene rings is 2. The molecule has 0 bridgehead atoms. The van der Waals surface area contributed by atoms with Crippen LogP contribution in [0.2, 0.25) is 0 Å². The molecule has 1 aliphatic rings. The molecule has 0 aromatic heterocycles. The Morgan fingerprint density at radius 1 is 1.19 bits per heavy atom. The van der Waals surface area contributed by atoms with Crippen LogP contribution in [0.15, 0.2) is 48.5 Å². The van der Waals surface area contributed by atoms with Gasteiger partial charge >= 0.3 is 0 Å². The number of thioether (sulfide) groups is 1. The average molecular weight is 296 g/mol. The van der Waals surface area contributed by atoms with Gasteiger partial charge in [-0.2, -0.15) is 17.0 Å². The predicted molar refractivity (Wildman–Crippen MR) is 86.5 cm³/mol. The molecule has 0 amide bonds. The van der Waals surface area contributed by atoms with Crippen molar-refractivity contribution >= 4 is 17.4 Å². The van der Waals surface area contributed by atoms with Crippen LogP contribution in [0.1, 0.15) is 17.2 Å². The molecule has 0 saturated carbocycles. The summed E-state index contributed by atoms with van der Waals surface area (Å²) in [5.41, 5.74) is 3.88. The monoisotopic (exact) mass is 296 g/mol. The standard InChI is InChI=1S/C17H16N2OS/c18-9-10-20-15-7-5-14(6-8-15)19-17-12-21-11-13-3-1-2-4-16(13)17/h1-8,17,19H,10-12H2. The van der Waals surface area contributed by atoms with Crippen molar-refractivity contribution in [1.82, 2.24) is 0 Å². The molecule has 0 aliphatic carbocycles. The molecule has 1 unspecified atom stereocenters. The molecular formula is C17H16N2OS. The van der Waals surface area contributed by atoms with E-state index in [1.54, 1.807) is 0 Å². The van der Waals surface area contributed by atoms with E-state index < -0.39 is 0 Å². The molecule has 2 aromatic carbocycles. The highest BCUT2D eigenvalue weighted by atomic mass is 32.2. The molecular weight excluding hydrogens is 280 g/mol. The van der Waals surface area contributed by atoms with Gasteiger partial charge in [-0.05, 0) is 35.4 Å². The fourth-order valence-corrected chi connectivity index (χ4v) is 3.56. The van der Waals surface area contributed by atoms with Crippen LogP contribution in [-0.2, 0) is 5.75 Å². The van der Waals surface area contributed by atoms with Gasteiger partial charge in [0.15, 0.2) is 6.61 Å². The summed E-state index contributed by atoms with van der Waals surface area (Å²) in [7, 11) is 0. The van der Waals surface area contributed by atoms with Crippen LogP contribution in [0.5, 0.6) is 5.75 Å². The van der Waals surface area contributed by atoms with Crippen LogP contribution in [0.25, 0.3) is 0 Å². The lowest BCUT2D eigenvalue weighted by Gasteiger charge is -2.27.